The quantitative estimate of drug-likeness (QED) is 0.563. The highest BCUT2D eigenvalue weighted by atomic mass is 32.1. The van der Waals surface area contributed by atoms with Crippen LogP contribution in [0.25, 0.3) is 0 Å². The van der Waals surface area contributed by atoms with Crippen LogP contribution in [-0.4, -0.2) is 67.0 Å². The highest BCUT2D eigenvalue weighted by Gasteiger charge is 2.45. The maximum absolute atomic E-state index is 13.3. The van der Waals surface area contributed by atoms with Gasteiger partial charge in [0.05, 0.1) is 30.7 Å². The van der Waals surface area contributed by atoms with Crippen molar-refractivity contribution in [1.29, 1.82) is 0 Å². The molecule has 31 heavy (non-hydrogen) atoms. The van der Waals surface area contributed by atoms with Crippen LogP contribution in [-0.2, 0) is 4.79 Å². The van der Waals surface area contributed by atoms with E-state index in [1.807, 2.05) is 0 Å². The van der Waals surface area contributed by atoms with Crippen LogP contribution in [0.2, 0.25) is 0 Å². The lowest BCUT2D eigenvalue weighted by atomic mass is 9.94. The summed E-state index contributed by atoms with van der Waals surface area (Å²) in [5.41, 5.74) is 0.664. The number of rotatable bonds is 10. The van der Waals surface area contributed by atoms with E-state index in [1.165, 1.54) is 18.4 Å². The highest BCUT2D eigenvalue weighted by molar-refractivity contribution is 7.12. The second-order valence-electron chi connectivity index (χ2n) is 7.10. The van der Waals surface area contributed by atoms with E-state index in [0.29, 0.717) is 35.0 Å². The SMILES string of the molecule is CCN(CC)CCN1C(=O)C(O)=C(C(=O)c2cccs2)C1c1cc(OC)ccc1OC. The lowest BCUT2D eigenvalue weighted by molar-refractivity contribution is -0.129. The minimum absolute atomic E-state index is 0.0681. The molecule has 1 N–H and O–H groups in total. The van der Waals surface area contributed by atoms with Gasteiger partial charge in [0.2, 0.25) is 5.78 Å². The van der Waals surface area contributed by atoms with E-state index in [4.69, 9.17) is 9.47 Å². The number of likely N-dealkylation sites (N-methyl/N-ethyl adjacent to an activating group) is 1. The molecular weight excluding hydrogens is 416 g/mol. The maximum atomic E-state index is 13.3. The Morgan fingerprint density at radius 3 is 2.52 bits per heavy atom. The number of Topliss-reactive ketones (excluding diaryl/α,β-unsaturated/α-hetero) is 1. The van der Waals surface area contributed by atoms with Crippen molar-refractivity contribution >= 4 is 23.0 Å². The molecule has 166 valence electrons. The Morgan fingerprint density at radius 2 is 1.94 bits per heavy atom. The first-order chi connectivity index (χ1) is 15.0. The summed E-state index contributed by atoms with van der Waals surface area (Å²) in [6, 6.07) is 7.93. The molecule has 0 bridgehead atoms. The molecule has 7 nitrogen and oxygen atoms in total. The van der Waals surface area contributed by atoms with Crippen molar-refractivity contribution in [2.24, 2.45) is 0 Å². The van der Waals surface area contributed by atoms with Crippen molar-refractivity contribution in [2.75, 3.05) is 40.4 Å². The number of benzene rings is 1. The zero-order valence-electron chi connectivity index (χ0n) is 18.3. The molecule has 0 radical (unpaired) electrons. The zero-order chi connectivity index (χ0) is 22.5. The largest absolute Gasteiger partial charge is 0.503 e. The fourth-order valence-corrected chi connectivity index (χ4v) is 4.50. The Labute approximate surface area is 186 Å². The Morgan fingerprint density at radius 1 is 1.19 bits per heavy atom. The number of ether oxygens (including phenoxy) is 2. The predicted octanol–water partition coefficient (Wildman–Crippen LogP) is 3.69. The number of carbonyl (C=O) groups excluding carboxylic acids is 2. The minimum Gasteiger partial charge on any atom is -0.503 e. The molecule has 1 aromatic heterocycles. The molecule has 3 rings (SSSR count). The Kier molecular flexibility index (Phi) is 7.35. The number of nitrogens with zero attached hydrogens (tertiary/aromatic N) is 2. The van der Waals surface area contributed by atoms with Gasteiger partial charge in [-0.1, -0.05) is 19.9 Å². The topological polar surface area (TPSA) is 79.3 Å². The van der Waals surface area contributed by atoms with Gasteiger partial charge in [-0.2, -0.15) is 0 Å². The summed E-state index contributed by atoms with van der Waals surface area (Å²) >= 11 is 1.27. The summed E-state index contributed by atoms with van der Waals surface area (Å²) in [4.78, 5) is 30.6. The molecule has 1 amide bonds. The van der Waals surface area contributed by atoms with Gasteiger partial charge >= 0.3 is 0 Å². The molecule has 0 saturated carbocycles. The van der Waals surface area contributed by atoms with Gasteiger partial charge in [-0.3, -0.25) is 9.59 Å². The Hall–Kier alpha value is -2.84. The van der Waals surface area contributed by atoms with Crippen molar-refractivity contribution < 1.29 is 24.2 Å². The number of ketones is 1. The van der Waals surface area contributed by atoms with Crippen LogP contribution in [0.5, 0.6) is 11.5 Å². The first-order valence-corrected chi connectivity index (χ1v) is 11.1. The van der Waals surface area contributed by atoms with Gasteiger partial charge in [0.25, 0.3) is 5.91 Å². The number of amides is 1. The molecule has 1 aliphatic rings. The fraction of sp³-hybridized carbons (Fsp3) is 0.391. The van der Waals surface area contributed by atoms with Crippen molar-refractivity contribution in [2.45, 2.75) is 19.9 Å². The number of carbonyl (C=O) groups is 2. The van der Waals surface area contributed by atoms with Gasteiger partial charge in [0.1, 0.15) is 11.5 Å². The van der Waals surface area contributed by atoms with E-state index in [-0.39, 0.29) is 11.4 Å². The average molecular weight is 445 g/mol. The standard InChI is InChI=1S/C23H28N2O5S/c1-5-24(6-2)11-12-25-20(16-14-15(29-3)9-10-17(16)30-4)19(22(27)23(25)28)21(26)18-8-7-13-31-18/h7-10,13-14,20,27H,5-6,11-12H2,1-4H3. The van der Waals surface area contributed by atoms with Gasteiger partial charge < -0.3 is 24.4 Å². The van der Waals surface area contributed by atoms with E-state index in [0.717, 1.165) is 13.1 Å². The number of hydrogen-bond donors (Lipinski definition) is 1. The Bertz CT molecular complexity index is 966. The molecule has 0 aliphatic carbocycles. The number of methoxy groups -OCH3 is 2. The molecule has 2 aromatic rings. The van der Waals surface area contributed by atoms with Gasteiger partial charge in [-0.25, -0.2) is 0 Å². The average Bonchev–Trinajstić information content (AvgIpc) is 3.41. The van der Waals surface area contributed by atoms with Gasteiger partial charge in [-0.05, 0) is 42.7 Å². The highest BCUT2D eigenvalue weighted by Crippen LogP contribution is 2.43. The van der Waals surface area contributed by atoms with Gasteiger partial charge in [0, 0.05) is 18.7 Å². The third-order valence-electron chi connectivity index (χ3n) is 5.58. The zero-order valence-corrected chi connectivity index (χ0v) is 19.1. The van der Waals surface area contributed by atoms with Crippen molar-refractivity contribution in [1.82, 2.24) is 9.80 Å². The van der Waals surface area contributed by atoms with E-state index < -0.39 is 17.7 Å². The number of aliphatic hydroxyl groups excluding tert-OH is 1. The van der Waals surface area contributed by atoms with Crippen LogP contribution in [0.3, 0.4) is 0 Å². The number of hydrogen-bond acceptors (Lipinski definition) is 7. The molecule has 8 heteroatoms. The Balaban J connectivity index is 2.11. The third kappa shape index (κ3) is 4.45. The normalized spacial score (nSPS) is 16.4. The first kappa shape index (κ1) is 22.8. The summed E-state index contributed by atoms with van der Waals surface area (Å²) in [6.07, 6.45) is 0. The van der Waals surface area contributed by atoms with Gasteiger partial charge in [0.15, 0.2) is 5.76 Å². The molecule has 2 heterocycles. The van der Waals surface area contributed by atoms with Gasteiger partial charge in [-0.15, -0.1) is 11.3 Å². The van der Waals surface area contributed by atoms with E-state index in [1.54, 1.807) is 47.7 Å². The van der Waals surface area contributed by atoms with E-state index >= 15 is 0 Å². The molecule has 1 aromatic carbocycles. The van der Waals surface area contributed by atoms with Crippen molar-refractivity contribution in [3.63, 3.8) is 0 Å². The lowest BCUT2D eigenvalue weighted by Gasteiger charge is -2.30. The summed E-state index contributed by atoms with van der Waals surface area (Å²) in [5, 5.41) is 12.6. The van der Waals surface area contributed by atoms with Crippen LogP contribution in [0, 0.1) is 0 Å². The molecular formula is C23H28N2O5S. The van der Waals surface area contributed by atoms with Crippen LogP contribution in [0.1, 0.15) is 35.1 Å². The summed E-state index contributed by atoms with van der Waals surface area (Å²) < 4.78 is 10.9. The third-order valence-corrected chi connectivity index (χ3v) is 6.44. The first-order valence-electron chi connectivity index (χ1n) is 10.2. The monoisotopic (exact) mass is 444 g/mol. The molecule has 1 aliphatic heterocycles. The van der Waals surface area contributed by atoms with Crippen LogP contribution in [0.15, 0.2) is 47.0 Å². The second kappa shape index (κ2) is 9.98. The fourth-order valence-electron chi connectivity index (χ4n) is 3.82. The molecule has 0 spiro atoms. The minimum atomic E-state index is -0.775. The molecule has 0 fully saturated rings. The summed E-state index contributed by atoms with van der Waals surface area (Å²) in [7, 11) is 3.08. The van der Waals surface area contributed by atoms with E-state index in [2.05, 4.69) is 18.7 Å². The maximum Gasteiger partial charge on any atom is 0.290 e. The molecule has 0 saturated heterocycles. The summed E-state index contributed by atoms with van der Waals surface area (Å²) in [5.74, 6) is -0.338. The van der Waals surface area contributed by atoms with Crippen LogP contribution >= 0.6 is 11.3 Å². The number of thiophene rings is 1. The van der Waals surface area contributed by atoms with Crippen LogP contribution < -0.4 is 9.47 Å². The predicted molar refractivity (Wildman–Crippen MR) is 120 cm³/mol. The van der Waals surface area contributed by atoms with Crippen molar-refractivity contribution in [3.05, 3.63) is 57.5 Å². The molecule has 1 atom stereocenters. The summed E-state index contributed by atoms with van der Waals surface area (Å²) in [6.45, 7) is 6.77. The van der Waals surface area contributed by atoms with Crippen molar-refractivity contribution in [3.8, 4) is 11.5 Å². The number of aliphatic hydroxyl groups is 1. The second-order valence-corrected chi connectivity index (χ2v) is 8.05. The molecule has 1 unspecified atom stereocenters. The smallest absolute Gasteiger partial charge is 0.290 e. The van der Waals surface area contributed by atoms with E-state index in [9.17, 15) is 14.7 Å². The lowest BCUT2D eigenvalue weighted by Crippen LogP contribution is -2.38. The van der Waals surface area contributed by atoms with Crippen LogP contribution in [0.4, 0.5) is 0 Å².